The lowest BCUT2D eigenvalue weighted by Crippen LogP contribution is -2.29. The molecule has 2 aromatic heterocycles. The number of hydrogen-bond donors (Lipinski definition) is 3. The fraction of sp³-hybridized carbons (Fsp3) is 0.0690. The first-order valence-electron chi connectivity index (χ1n) is 12.4. The summed E-state index contributed by atoms with van der Waals surface area (Å²) in [7, 11) is 0. The van der Waals surface area contributed by atoms with Crippen LogP contribution in [0.25, 0.3) is 22.5 Å². The number of aryl methyl sites for hydroxylation is 2. The van der Waals surface area contributed by atoms with Crippen molar-refractivity contribution in [2.45, 2.75) is 13.8 Å². The van der Waals surface area contributed by atoms with E-state index < -0.39 is 5.91 Å². The second kappa shape index (κ2) is 10.2. The number of carbonyl (C=O) groups is 1. The minimum Gasteiger partial charge on any atom is -0.505 e. The number of para-hydroxylation sites is 1. The highest BCUT2D eigenvalue weighted by atomic mass is 16.3. The Labute approximate surface area is 228 Å². The zero-order chi connectivity index (χ0) is 27.6. The minimum atomic E-state index is -0.416. The molecule has 1 amide bonds. The van der Waals surface area contributed by atoms with Crippen molar-refractivity contribution in [1.29, 1.82) is 0 Å². The van der Waals surface area contributed by atoms with Crippen LogP contribution >= 0.6 is 0 Å². The molecule has 0 atom stereocenters. The Hall–Kier alpha value is -5.71. The van der Waals surface area contributed by atoms with Crippen LogP contribution in [0.2, 0.25) is 0 Å². The number of aromatic nitrogens is 5. The normalized spacial score (nSPS) is 14.1. The highest BCUT2D eigenvalue weighted by Gasteiger charge is 2.35. The van der Waals surface area contributed by atoms with Crippen molar-refractivity contribution < 1.29 is 9.90 Å². The number of aromatic hydroxyl groups is 1. The lowest BCUT2D eigenvalue weighted by atomic mass is 10.0. The molecule has 1 aliphatic heterocycles. The van der Waals surface area contributed by atoms with Crippen molar-refractivity contribution in [3.05, 3.63) is 102 Å². The Bertz CT molecular complexity index is 1780. The van der Waals surface area contributed by atoms with E-state index in [-0.39, 0.29) is 11.5 Å². The van der Waals surface area contributed by atoms with Crippen LogP contribution in [0, 0.1) is 13.8 Å². The number of aromatic amines is 1. The number of rotatable bonds is 6. The summed E-state index contributed by atoms with van der Waals surface area (Å²) in [6.07, 6.45) is 1.63. The quantitative estimate of drug-likeness (QED) is 0.217. The van der Waals surface area contributed by atoms with E-state index in [1.807, 2.05) is 62.4 Å². The Balaban J connectivity index is 1.35. The molecule has 0 spiro atoms. The number of nitrogens with zero attached hydrogens (tertiary/aromatic N) is 7. The molecule has 3 heterocycles. The molecule has 0 aliphatic carbocycles. The van der Waals surface area contributed by atoms with Crippen LogP contribution in [0.1, 0.15) is 16.8 Å². The molecular formula is C29H23N9O2. The van der Waals surface area contributed by atoms with Gasteiger partial charge < -0.3 is 5.11 Å². The third-order valence-corrected chi connectivity index (χ3v) is 6.58. The topological polar surface area (TPSA) is 145 Å². The van der Waals surface area contributed by atoms with Gasteiger partial charge in [0.1, 0.15) is 11.5 Å². The van der Waals surface area contributed by atoms with Gasteiger partial charge in [0.15, 0.2) is 11.5 Å². The third-order valence-electron chi connectivity index (χ3n) is 6.58. The van der Waals surface area contributed by atoms with Gasteiger partial charge in [-0.2, -0.15) is 15.2 Å². The van der Waals surface area contributed by atoms with Crippen molar-refractivity contribution in [2.24, 2.45) is 10.2 Å². The van der Waals surface area contributed by atoms with Gasteiger partial charge in [0.25, 0.3) is 0 Å². The molecule has 196 valence electrons. The predicted molar refractivity (Wildman–Crippen MR) is 152 cm³/mol. The fourth-order valence-electron chi connectivity index (χ4n) is 4.30. The largest absolute Gasteiger partial charge is 0.505 e. The molecule has 0 radical (unpaired) electrons. The van der Waals surface area contributed by atoms with E-state index in [1.54, 1.807) is 36.5 Å². The van der Waals surface area contributed by atoms with Crippen molar-refractivity contribution in [3.63, 3.8) is 0 Å². The summed E-state index contributed by atoms with van der Waals surface area (Å²) in [5.74, 6) is 0.0596. The molecular weight excluding hydrogens is 506 g/mol. The average molecular weight is 530 g/mol. The first kappa shape index (κ1) is 24.6. The number of pyridine rings is 1. The number of H-pyrrole nitrogens is 1. The number of hydrogen-bond acceptors (Lipinski definition) is 9. The highest BCUT2D eigenvalue weighted by molar-refractivity contribution is 6.74. The zero-order valence-electron chi connectivity index (χ0n) is 21.6. The van der Waals surface area contributed by atoms with Gasteiger partial charge in [-0.3, -0.25) is 15.2 Å². The van der Waals surface area contributed by atoms with Gasteiger partial charge in [0.05, 0.1) is 17.1 Å². The second-order valence-corrected chi connectivity index (χ2v) is 9.15. The molecule has 11 heteroatoms. The highest BCUT2D eigenvalue weighted by Crippen LogP contribution is 2.36. The summed E-state index contributed by atoms with van der Waals surface area (Å²) in [5, 5.41) is 35.4. The van der Waals surface area contributed by atoms with Gasteiger partial charge in [-0.1, -0.05) is 42.5 Å². The molecule has 3 aromatic carbocycles. The van der Waals surface area contributed by atoms with Crippen LogP contribution in [0.4, 0.5) is 11.4 Å². The lowest BCUT2D eigenvalue weighted by molar-refractivity contribution is -0.112. The van der Waals surface area contributed by atoms with E-state index in [9.17, 15) is 9.90 Å². The van der Waals surface area contributed by atoms with E-state index in [2.05, 4.69) is 41.2 Å². The number of tetrazole rings is 1. The van der Waals surface area contributed by atoms with E-state index in [0.717, 1.165) is 22.3 Å². The summed E-state index contributed by atoms with van der Waals surface area (Å²) < 4.78 is 0. The summed E-state index contributed by atoms with van der Waals surface area (Å²) in [6, 6.07) is 23.7. The number of phenolic OH excluding ortho intramolecular Hbond substituents is 1. The van der Waals surface area contributed by atoms with Crippen LogP contribution in [0.3, 0.4) is 0 Å². The van der Waals surface area contributed by atoms with Gasteiger partial charge in [0.2, 0.25) is 0 Å². The maximum atomic E-state index is 13.6. The van der Waals surface area contributed by atoms with Crippen molar-refractivity contribution in [2.75, 3.05) is 10.4 Å². The van der Waals surface area contributed by atoms with Crippen molar-refractivity contribution >= 4 is 28.7 Å². The third kappa shape index (κ3) is 4.56. The Morgan fingerprint density at radius 1 is 0.925 bits per heavy atom. The lowest BCUT2D eigenvalue weighted by Gasteiger charge is -2.13. The summed E-state index contributed by atoms with van der Waals surface area (Å²) in [4.78, 5) is 17.9. The maximum absolute atomic E-state index is 13.6. The standard InChI is InChI=1S/C29H23N9O2/c1-17-12-13-21(15-18(17)2)38-29(40)26(25(35-38)23-10-3-4-14-30-23)32-31-24-11-6-9-22(27(24)39)19-7-5-8-20(16-19)28-33-36-37-34-28/h3-16,31,39H,1-2H3,(H,33,34,36,37). The van der Waals surface area contributed by atoms with Crippen LogP contribution in [0.15, 0.2) is 95.3 Å². The Kier molecular flexibility index (Phi) is 6.29. The summed E-state index contributed by atoms with van der Waals surface area (Å²) in [6.45, 7) is 3.99. The number of anilines is 2. The number of amides is 1. The molecule has 0 saturated carbocycles. The van der Waals surface area contributed by atoms with Crippen LogP contribution < -0.4 is 10.4 Å². The first-order chi connectivity index (χ1) is 19.5. The van der Waals surface area contributed by atoms with Gasteiger partial charge in [-0.25, -0.2) is 5.10 Å². The molecule has 0 unspecified atom stereocenters. The molecule has 11 nitrogen and oxygen atoms in total. The molecule has 3 N–H and O–H groups in total. The molecule has 0 saturated heterocycles. The van der Waals surface area contributed by atoms with Crippen LogP contribution in [-0.4, -0.2) is 48.0 Å². The summed E-state index contributed by atoms with van der Waals surface area (Å²) >= 11 is 0. The van der Waals surface area contributed by atoms with Gasteiger partial charge in [-0.15, -0.1) is 5.10 Å². The smallest absolute Gasteiger partial charge is 0.301 e. The predicted octanol–water partition coefficient (Wildman–Crippen LogP) is 4.47. The molecule has 40 heavy (non-hydrogen) atoms. The van der Waals surface area contributed by atoms with E-state index in [0.29, 0.717) is 34.2 Å². The minimum absolute atomic E-state index is 0.0347. The van der Waals surface area contributed by atoms with Crippen LogP contribution in [-0.2, 0) is 4.79 Å². The second-order valence-electron chi connectivity index (χ2n) is 9.15. The maximum Gasteiger partial charge on any atom is 0.301 e. The van der Waals surface area contributed by atoms with Crippen molar-refractivity contribution in [3.8, 4) is 28.3 Å². The van der Waals surface area contributed by atoms with Crippen LogP contribution in [0.5, 0.6) is 5.75 Å². The molecule has 1 aliphatic rings. The SMILES string of the molecule is Cc1ccc(N2N=C(c3ccccn3)C(=NNc3cccc(-c4cccc(-c5nnn[nH]5)c4)c3O)C2=O)cc1C. The molecule has 6 rings (SSSR count). The average Bonchev–Trinajstić information content (AvgIpc) is 3.63. The number of carbonyl (C=O) groups excluding carboxylic acids is 1. The monoisotopic (exact) mass is 529 g/mol. The summed E-state index contributed by atoms with van der Waals surface area (Å²) in [5.41, 5.74) is 8.92. The number of nitrogens with one attached hydrogen (secondary N) is 2. The molecule has 0 bridgehead atoms. The van der Waals surface area contributed by atoms with E-state index in [4.69, 9.17) is 0 Å². The first-order valence-corrected chi connectivity index (χ1v) is 12.4. The van der Waals surface area contributed by atoms with Gasteiger partial charge >= 0.3 is 5.91 Å². The Morgan fingerprint density at radius 2 is 1.77 bits per heavy atom. The van der Waals surface area contributed by atoms with Gasteiger partial charge in [0, 0.05) is 17.3 Å². The number of phenols is 1. The van der Waals surface area contributed by atoms with E-state index >= 15 is 0 Å². The van der Waals surface area contributed by atoms with E-state index in [1.165, 1.54) is 5.01 Å². The number of hydrazone groups is 2. The fourth-order valence-corrected chi connectivity index (χ4v) is 4.30. The number of benzene rings is 3. The zero-order valence-corrected chi connectivity index (χ0v) is 21.6. The molecule has 0 fully saturated rings. The molecule has 5 aromatic rings. The Morgan fingerprint density at radius 3 is 2.55 bits per heavy atom. The van der Waals surface area contributed by atoms with Gasteiger partial charge in [-0.05, 0) is 77.4 Å². The van der Waals surface area contributed by atoms with Crippen molar-refractivity contribution in [1.82, 2.24) is 25.6 Å².